The number of nitrogens with one attached hydrogen (secondary N) is 2. The third-order valence-corrected chi connectivity index (χ3v) is 7.89. The monoisotopic (exact) mass is 494 g/mol. The van der Waals surface area contributed by atoms with Gasteiger partial charge in [0.05, 0.1) is 17.3 Å². The summed E-state index contributed by atoms with van der Waals surface area (Å²) in [5.41, 5.74) is 2.83. The summed E-state index contributed by atoms with van der Waals surface area (Å²) in [5, 5.41) is 8.88. The minimum atomic E-state index is -0.452. The van der Waals surface area contributed by atoms with Crippen LogP contribution in [0.5, 0.6) is 0 Å². The van der Waals surface area contributed by atoms with Crippen molar-refractivity contribution in [2.24, 2.45) is 0 Å². The Bertz CT molecular complexity index is 1440. The molecule has 6 heteroatoms. The summed E-state index contributed by atoms with van der Waals surface area (Å²) >= 11 is 0. The summed E-state index contributed by atoms with van der Waals surface area (Å²) in [6.45, 7) is 2.01. The lowest BCUT2D eigenvalue weighted by Crippen LogP contribution is -2.34. The van der Waals surface area contributed by atoms with Crippen LogP contribution in [0.3, 0.4) is 0 Å². The van der Waals surface area contributed by atoms with E-state index in [1.54, 1.807) is 6.20 Å². The number of anilines is 1. The lowest BCUT2D eigenvalue weighted by atomic mass is 9.74. The predicted octanol–water partition coefficient (Wildman–Crippen LogP) is 6.69. The highest BCUT2D eigenvalue weighted by Crippen LogP contribution is 2.47. The van der Waals surface area contributed by atoms with E-state index in [0.29, 0.717) is 17.6 Å². The number of carbonyl (C=O) groups is 1. The maximum Gasteiger partial charge on any atom is 0.255 e. The zero-order valence-corrected chi connectivity index (χ0v) is 21.0. The van der Waals surface area contributed by atoms with Gasteiger partial charge in [-0.3, -0.25) is 4.79 Å². The number of benzene rings is 3. The third kappa shape index (κ3) is 4.57. The second-order valence-electron chi connectivity index (χ2n) is 10.4. The minimum Gasteiger partial charge on any atom is -0.351 e. The Balaban J connectivity index is 1.39. The van der Waals surface area contributed by atoms with Crippen LogP contribution in [0.25, 0.3) is 10.8 Å². The zero-order valence-electron chi connectivity index (χ0n) is 21.0. The van der Waals surface area contributed by atoms with Crippen molar-refractivity contribution >= 4 is 22.6 Å². The van der Waals surface area contributed by atoms with Gasteiger partial charge in [-0.2, -0.15) is 0 Å². The van der Waals surface area contributed by atoms with Crippen LogP contribution < -0.4 is 10.6 Å². The van der Waals surface area contributed by atoms with Gasteiger partial charge in [0.1, 0.15) is 5.82 Å². The Labute approximate surface area is 216 Å². The van der Waals surface area contributed by atoms with Crippen molar-refractivity contribution in [3.8, 4) is 0 Å². The Kier molecular flexibility index (Phi) is 6.11. The molecule has 1 amide bonds. The summed E-state index contributed by atoms with van der Waals surface area (Å²) in [6, 6.07) is 21.2. The highest BCUT2D eigenvalue weighted by molar-refractivity contribution is 5.96. The van der Waals surface area contributed by atoms with Crippen molar-refractivity contribution in [3.05, 3.63) is 101 Å². The average molecular weight is 495 g/mol. The first-order chi connectivity index (χ1) is 18.0. The van der Waals surface area contributed by atoms with Crippen molar-refractivity contribution in [2.45, 2.75) is 62.9 Å². The number of hydrogen-bond donors (Lipinski definition) is 2. The molecule has 2 fully saturated rings. The van der Waals surface area contributed by atoms with Crippen LogP contribution in [0.2, 0.25) is 0 Å². The first-order valence-electron chi connectivity index (χ1n) is 13.2. The van der Waals surface area contributed by atoms with Gasteiger partial charge >= 0.3 is 0 Å². The molecule has 1 unspecified atom stereocenters. The van der Waals surface area contributed by atoms with Crippen molar-refractivity contribution in [1.82, 2.24) is 15.3 Å². The summed E-state index contributed by atoms with van der Waals surface area (Å²) in [4.78, 5) is 23.4. The Hall–Kier alpha value is -3.80. The van der Waals surface area contributed by atoms with Gasteiger partial charge in [0.25, 0.3) is 5.91 Å². The van der Waals surface area contributed by atoms with Gasteiger partial charge in [-0.15, -0.1) is 0 Å². The van der Waals surface area contributed by atoms with Gasteiger partial charge in [0.15, 0.2) is 0 Å². The van der Waals surface area contributed by atoms with Gasteiger partial charge in [0.2, 0.25) is 5.95 Å². The number of carbonyl (C=O) groups excluding carboxylic acids is 1. The SMILES string of the molecule is CC(NC(=O)c1cnc(NC2CC2)nc1C1(c2ccc(F)cc2)CCCC1)c1cccc2ccccc12. The van der Waals surface area contributed by atoms with Gasteiger partial charge in [-0.1, -0.05) is 67.4 Å². The molecular weight excluding hydrogens is 463 g/mol. The van der Waals surface area contributed by atoms with Crippen LogP contribution >= 0.6 is 0 Å². The fourth-order valence-corrected chi connectivity index (χ4v) is 5.78. The second kappa shape index (κ2) is 9.58. The van der Waals surface area contributed by atoms with Crippen LogP contribution in [-0.4, -0.2) is 21.9 Å². The zero-order chi connectivity index (χ0) is 25.4. The average Bonchev–Trinajstić information content (AvgIpc) is 3.59. The van der Waals surface area contributed by atoms with E-state index in [0.717, 1.165) is 66.1 Å². The summed E-state index contributed by atoms with van der Waals surface area (Å²) < 4.78 is 13.8. The molecule has 5 nitrogen and oxygen atoms in total. The molecule has 2 N–H and O–H groups in total. The fraction of sp³-hybridized carbons (Fsp3) is 0.323. The molecule has 2 aliphatic carbocycles. The molecule has 2 aliphatic rings. The molecular formula is C31H31FN4O. The van der Waals surface area contributed by atoms with Crippen molar-refractivity contribution in [2.75, 3.05) is 5.32 Å². The molecule has 1 atom stereocenters. The molecule has 37 heavy (non-hydrogen) atoms. The molecule has 1 aromatic heterocycles. The van der Waals surface area contributed by atoms with Crippen LogP contribution in [0, 0.1) is 5.82 Å². The van der Waals surface area contributed by atoms with Crippen LogP contribution in [0.4, 0.5) is 10.3 Å². The van der Waals surface area contributed by atoms with E-state index in [4.69, 9.17) is 4.98 Å². The molecule has 0 saturated heterocycles. The van der Waals surface area contributed by atoms with Crippen LogP contribution in [0.15, 0.2) is 72.9 Å². The van der Waals surface area contributed by atoms with E-state index in [2.05, 4.69) is 39.9 Å². The maximum atomic E-state index is 13.8. The number of aromatic nitrogens is 2. The minimum absolute atomic E-state index is 0.193. The molecule has 0 aliphatic heterocycles. The molecule has 188 valence electrons. The van der Waals surface area contributed by atoms with E-state index in [9.17, 15) is 9.18 Å². The first kappa shape index (κ1) is 23.6. The quantitative estimate of drug-likeness (QED) is 0.300. The van der Waals surface area contributed by atoms with E-state index < -0.39 is 5.41 Å². The number of hydrogen-bond acceptors (Lipinski definition) is 4. The number of halogens is 1. The number of fused-ring (bicyclic) bond motifs is 1. The van der Waals surface area contributed by atoms with Gasteiger partial charge in [-0.25, -0.2) is 14.4 Å². The topological polar surface area (TPSA) is 66.9 Å². The molecule has 0 bridgehead atoms. The molecule has 3 aromatic carbocycles. The molecule has 1 heterocycles. The normalized spacial score (nSPS) is 17.5. The van der Waals surface area contributed by atoms with Crippen molar-refractivity contribution < 1.29 is 9.18 Å². The summed E-state index contributed by atoms with van der Waals surface area (Å²) in [7, 11) is 0. The van der Waals surface area contributed by atoms with E-state index >= 15 is 0 Å². The summed E-state index contributed by atoms with van der Waals surface area (Å²) in [5.74, 6) is 0.101. The van der Waals surface area contributed by atoms with Gasteiger partial charge < -0.3 is 10.6 Å². The smallest absolute Gasteiger partial charge is 0.255 e. The third-order valence-electron chi connectivity index (χ3n) is 7.89. The molecule has 6 rings (SSSR count). The number of nitrogens with zero attached hydrogens (tertiary/aromatic N) is 2. The fourth-order valence-electron chi connectivity index (χ4n) is 5.78. The van der Waals surface area contributed by atoms with Crippen LogP contribution in [0.1, 0.15) is 78.7 Å². The molecule has 0 radical (unpaired) electrons. The highest BCUT2D eigenvalue weighted by atomic mass is 19.1. The van der Waals surface area contributed by atoms with E-state index in [-0.39, 0.29) is 17.8 Å². The van der Waals surface area contributed by atoms with E-state index in [1.165, 1.54) is 12.1 Å². The number of rotatable bonds is 7. The van der Waals surface area contributed by atoms with E-state index in [1.807, 2.05) is 37.3 Å². The van der Waals surface area contributed by atoms with Crippen molar-refractivity contribution in [1.29, 1.82) is 0 Å². The molecule has 0 spiro atoms. The molecule has 2 saturated carbocycles. The second-order valence-corrected chi connectivity index (χ2v) is 10.4. The first-order valence-corrected chi connectivity index (χ1v) is 13.2. The summed E-state index contributed by atoms with van der Waals surface area (Å²) in [6.07, 6.45) is 7.65. The van der Waals surface area contributed by atoms with Gasteiger partial charge in [-0.05, 0) is 66.6 Å². The molecule has 4 aromatic rings. The number of amides is 1. The van der Waals surface area contributed by atoms with Gasteiger partial charge in [0, 0.05) is 17.7 Å². The van der Waals surface area contributed by atoms with Crippen LogP contribution in [-0.2, 0) is 5.41 Å². The lowest BCUT2D eigenvalue weighted by Gasteiger charge is -2.31. The Morgan fingerprint density at radius 1 is 1.00 bits per heavy atom. The predicted molar refractivity (Wildman–Crippen MR) is 144 cm³/mol. The Morgan fingerprint density at radius 3 is 2.49 bits per heavy atom. The maximum absolute atomic E-state index is 13.8. The highest BCUT2D eigenvalue weighted by Gasteiger charge is 2.42. The standard InChI is InChI=1S/C31H31FN4O/c1-20(25-10-6-8-21-7-2-3-9-26(21)25)34-29(37)27-19-33-30(35-24-15-16-24)36-28(27)31(17-4-5-18-31)22-11-13-23(32)14-12-22/h2-3,6-14,19-20,24H,4-5,15-18H2,1H3,(H,34,37)(H,33,35,36). The largest absolute Gasteiger partial charge is 0.351 e. The van der Waals surface area contributed by atoms with Crippen molar-refractivity contribution in [3.63, 3.8) is 0 Å². The lowest BCUT2D eigenvalue weighted by molar-refractivity contribution is 0.0937. The Morgan fingerprint density at radius 2 is 1.73 bits per heavy atom.